The Balaban J connectivity index is 0.00000182. The van der Waals surface area contributed by atoms with Crippen molar-refractivity contribution >= 4 is 12.4 Å². The highest BCUT2D eigenvalue weighted by molar-refractivity contribution is 5.85. The summed E-state index contributed by atoms with van der Waals surface area (Å²) in [7, 11) is 0. The van der Waals surface area contributed by atoms with Crippen LogP contribution in [0.15, 0.2) is 54.6 Å². The van der Waals surface area contributed by atoms with E-state index in [-0.39, 0.29) is 17.8 Å². The van der Waals surface area contributed by atoms with Crippen LogP contribution in [0.2, 0.25) is 0 Å². The number of nitrogens with zero attached hydrogens (tertiary/aromatic N) is 1. The van der Waals surface area contributed by atoms with Crippen molar-refractivity contribution in [2.24, 2.45) is 0 Å². The first-order valence-corrected chi connectivity index (χ1v) is 8.90. The van der Waals surface area contributed by atoms with Crippen molar-refractivity contribution in [2.75, 3.05) is 39.5 Å². The molecule has 1 unspecified atom stereocenters. The summed E-state index contributed by atoms with van der Waals surface area (Å²) in [5, 5.41) is 0. The summed E-state index contributed by atoms with van der Waals surface area (Å²) in [6.07, 6.45) is 1.08. The van der Waals surface area contributed by atoms with Crippen LogP contribution in [-0.4, -0.2) is 44.4 Å². The molecule has 0 amide bonds. The van der Waals surface area contributed by atoms with E-state index in [2.05, 4.69) is 59.5 Å². The maximum atomic E-state index is 6.06. The van der Waals surface area contributed by atoms with Gasteiger partial charge in [-0.15, -0.1) is 12.4 Å². The molecule has 1 saturated heterocycles. The third-order valence-electron chi connectivity index (χ3n) is 5.42. The molecule has 0 aromatic heterocycles. The minimum atomic E-state index is -0.0472. The summed E-state index contributed by atoms with van der Waals surface area (Å²) in [5.74, 6) is 0. The monoisotopic (exact) mass is 359 g/mol. The predicted octanol–water partition coefficient (Wildman–Crippen LogP) is 3.65. The summed E-state index contributed by atoms with van der Waals surface area (Å²) in [6.45, 7) is 6.34. The van der Waals surface area contributed by atoms with Crippen molar-refractivity contribution in [1.29, 1.82) is 0 Å². The number of hydrogen-bond acceptors (Lipinski definition) is 3. The molecular weight excluding hydrogens is 334 g/mol. The summed E-state index contributed by atoms with van der Waals surface area (Å²) in [5.41, 5.74) is 4.09. The van der Waals surface area contributed by atoms with Crippen molar-refractivity contribution in [1.82, 2.24) is 4.90 Å². The molecule has 2 aromatic rings. The van der Waals surface area contributed by atoms with Crippen LogP contribution in [0.5, 0.6) is 0 Å². The minimum absolute atomic E-state index is 0. The molecule has 2 aromatic carbocycles. The molecule has 0 bridgehead atoms. The second kappa shape index (κ2) is 8.33. The van der Waals surface area contributed by atoms with Gasteiger partial charge in [-0.05, 0) is 29.7 Å². The first-order valence-electron chi connectivity index (χ1n) is 8.90. The van der Waals surface area contributed by atoms with Crippen LogP contribution in [-0.2, 0) is 21.5 Å². The molecule has 0 N–H and O–H groups in total. The van der Waals surface area contributed by atoms with E-state index < -0.39 is 0 Å². The summed E-state index contributed by atoms with van der Waals surface area (Å²) >= 11 is 0. The van der Waals surface area contributed by atoms with Gasteiger partial charge in [-0.1, -0.05) is 54.6 Å². The number of rotatable bonds is 4. The Morgan fingerprint density at radius 1 is 0.880 bits per heavy atom. The van der Waals surface area contributed by atoms with Gasteiger partial charge >= 0.3 is 0 Å². The molecule has 134 valence electrons. The van der Waals surface area contributed by atoms with Crippen LogP contribution >= 0.6 is 12.4 Å². The van der Waals surface area contributed by atoms with Crippen LogP contribution in [0.3, 0.4) is 0 Å². The van der Waals surface area contributed by atoms with E-state index in [9.17, 15) is 0 Å². The van der Waals surface area contributed by atoms with Gasteiger partial charge < -0.3 is 9.47 Å². The standard InChI is InChI=1S/C21H25NO2.ClH/c1-2-7-19(8-3-1)21(10-11-22-12-14-23-15-13-22)17-24-16-18-6-4-5-9-20(18)21;/h1-9H,10-17H2;1H. The average Bonchev–Trinajstić information content (AvgIpc) is 2.68. The second-order valence-electron chi connectivity index (χ2n) is 6.80. The van der Waals surface area contributed by atoms with Crippen LogP contribution in [0.25, 0.3) is 0 Å². The second-order valence-corrected chi connectivity index (χ2v) is 6.80. The number of benzene rings is 2. The molecular formula is C21H26ClNO2. The van der Waals surface area contributed by atoms with Crippen LogP contribution in [0.4, 0.5) is 0 Å². The van der Waals surface area contributed by atoms with Gasteiger partial charge in [0.05, 0.1) is 26.4 Å². The van der Waals surface area contributed by atoms with E-state index in [4.69, 9.17) is 9.47 Å². The molecule has 1 atom stereocenters. The molecule has 2 aliphatic heterocycles. The first kappa shape index (κ1) is 18.4. The molecule has 2 aliphatic rings. The molecule has 0 aliphatic carbocycles. The van der Waals surface area contributed by atoms with Gasteiger partial charge in [0.2, 0.25) is 0 Å². The Morgan fingerprint density at radius 2 is 1.60 bits per heavy atom. The number of morpholine rings is 1. The topological polar surface area (TPSA) is 21.7 Å². The van der Waals surface area contributed by atoms with Gasteiger partial charge in [0.15, 0.2) is 0 Å². The molecule has 0 radical (unpaired) electrons. The fourth-order valence-corrected chi connectivity index (χ4v) is 4.05. The van der Waals surface area contributed by atoms with E-state index in [1.165, 1.54) is 16.7 Å². The van der Waals surface area contributed by atoms with Crippen molar-refractivity contribution < 1.29 is 9.47 Å². The number of halogens is 1. The molecule has 1 fully saturated rings. The average molecular weight is 360 g/mol. The van der Waals surface area contributed by atoms with Crippen molar-refractivity contribution in [3.63, 3.8) is 0 Å². The maximum Gasteiger partial charge on any atom is 0.0720 e. The molecule has 25 heavy (non-hydrogen) atoms. The minimum Gasteiger partial charge on any atom is -0.379 e. The Kier molecular flexibility index (Phi) is 6.13. The van der Waals surface area contributed by atoms with Gasteiger partial charge in [0.1, 0.15) is 0 Å². The molecule has 0 spiro atoms. The number of hydrogen-bond donors (Lipinski definition) is 0. The fourth-order valence-electron chi connectivity index (χ4n) is 4.05. The first-order chi connectivity index (χ1) is 11.9. The molecule has 4 heteroatoms. The zero-order valence-electron chi connectivity index (χ0n) is 14.5. The van der Waals surface area contributed by atoms with Gasteiger partial charge in [-0.3, -0.25) is 4.90 Å². The zero-order chi connectivity index (χ0) is 16.2. The van der Waals surface area contributed by atoms with Crippen LogP contribution in [0, 0.1) is 0 Å². The highest BCUT2D eigenvalue weighted by Crippen LogP contribution is 2.41. The van der Waals surface area contributed by atoms with Gasteiger partial charge in [-0.25, -0.2) is 0 Å². The van der Waals surface area contributed by atoms with Crippen molar-refractivity contribution in [3.05, 3.63) is 71.3 Å². The summed E-state index contributed by atoms with van der Waals surface area (Å²) in [6, 6.07) is 19.7. The lowest BCUT2D eigenvalue weighted by Gasteiger charge is -2.41. The lowest BCUT2D eigenvalue weighted by atomic mass is 9.70. The van der Waals surface area contributed by atoms with Crippen molar-refractivity contribution in [2.45, 2.75) is 18.4 Å². The van der Waals surface area contributed by atoms with Crippen molar-refractivity contribution in [3.8, 4) is 0 Å². The predicted molar refractivity (Wildman–Crippen MR) is 102 cm³/mol. The largest absolute Gasteiger partial charge is 0.379 e. The van der Waals surface area contributed by atoms with Crippen LogP contribution in [0.1, 0.15) is 23.1 Å². The third kappa shape index (κ3) is 3.75. The van der Waals surface area contributed by atoms with E-state index in [0.717, 1.165) is 52.5 Å². The fraction of sp³-hybridized carbons (Fsp3) is 0.429. The SMILES string of the molecule is Cl.c1ccc(C2(CCN3CCOCC3)COCc3ccccc32)cc1. The van der Waals surface area contributed by atoms with E-state index in [1.807, 2.05) is 0 Å². The third-order valence-corrected chi connectivity index (χ3v) is 5.42. The maximum absolute atomic E-state index is 6.06. The number of ether oxygens (including phenoxy) is 2. The molecule has 3 nitrogen and oxygen atoms in total. The quantitative estimate of drug-likeness (QED) is 0.831. The molecule has 2 heterocycles. The Labute approximate surface area is 156 Å². The highest BCUT2D eigenvalue weighted by Gasteiger charge is 2.39. The van der Waals surface area contributed by atoms with Gasteiger partial charge in [0, 0.05) is 18.5 Å². The Hall–Kier alpha value is -1.39. The number of fused-ring (bicyclic) bond motifs is 1. The molecule has 4 rings (SSSR count). The van der Waals surface area contributed by atoms with E-state index >= 15 is 0 Å². The Morgan fingerprint density at radius 3 is 2.40 bits per heavy atom. The van der Waals surface area contributed by atoms with Gasteiger partial charge in [0.25, 0.3) is 0 Å². The lowest BCUT2D eigenvalue weighted by Crippen LogP contribution is -2.43. The smallest absolute Gasteiger partial charge is 0.0720 e. The Bertz CT molecular complexity index is 673. The normalized spacial score (nSPS) is 23.5. The van der Waals surface area contributed by atoms with Crippen LogP contribution < -0.4 is 0 Å². The molecule has 0 saturated carbocycles. The van der Waals surface area contributed by atoms with Gasteiger partial charge in [-0.2, -0.15) is 0 Å². The summed E-state index contributed by atoms with van der Waals surface area (Å²) in [4.78, 5) is 2.52. The highest BCUT2D eigenvalue weighted by atomic mass is 35.5. The van der Waals surface area contributed by atoms with E-state index in [1.54, 1.807) is 0 Å². The van der Waals surface area contributed by atoms with E-state index in [0.29, 0.717) is 0 Å². The lowest BCUT2D eigenvalue weighted by molar-refractivity contribution is 0.0249. The summed E-state index contributed by atoms with van der Waals surface area (Å²) < 4.78 is 11.6. The zero-order valence-corrected chi connectivity index (χ0v) is 15.3.